The maximum Gasteiger partial charge on any atom is 0.534 e. The Bertz CT molecular complexity index is 1200. The van der Waals surface area contributed by atoms with Gasteiger partial charge in [0.1, 0.15) is 5.52 Å². The molecule has 7 nitrogen and oxygen atoms in total. The molecule has 1 aliphatic carbocycles. The minimum atomic E-state index is -6.41. The molecule has 2 aromatic rings. The predicted molar refractivity (Wildman–Crippen MR) is 85.7 cm³/mol. The number of aromatic nitrogens is 1. The molecule has 0 atom stereocenters. The number of carbonyl (C=O) groups excluding carboxylic acids is 1. The van der Waals surface area contributed by atoms with Crippen molar-refractivity contribution in [1.82, 2.24) is 4.57 Å². The van der Waals surface area contributed by atoms with E-state index < -0.39 is 66.9 Å². The summed E-state index contributed by atoms with van der Waals surface area (Å²) >= 11 is 0. The lowest BCUT2D eigenvalue weighted by molar-refractivity contribution is -0.255. The normalized spacial score (nSPS) is 15.0. The fourth-order valence-electron chi connectivity index (χ4n) is 3.05. The fraction of sp³-hybridized carbons (Fsp3) is 0.375. The van der Waals surface area contributed by atoms with Crippen molar-refractivity contribution in [1.29, 1.82) is 0 Å². The van der Waals surface area contributed by atoms with Crippen molar-refractivity contribution in [3.05, 3.63) is 39.2 Å². The van der Waals surface area contributed by atoms with Crippen LogP contribution in [0.3, 0.4) is 0 Å². The number of hydrogen-bond acceptors (Lipinski definition) is 6. The van der Waals surface area contributed by atoms with Crippen LogP contribution in [0.15, 0.2) is 10.9 Å². The van der Waals surface area contributed by atoms with E-state index >= 15 is 0 Å². The lowest BCUT2D eigenvalue weighted by Crippen LogP contribution is -2.34. The van der Waals surface area contributed by atoms with Gasteiger partial charge in [-0.15, -0.1) is 0 Å². The summed E-state index contributed by atoms with van der Waals surface area (Å²) in [6.45, 7) is 1.42. The van der Waals surface area contributed by atoms with Gasteiger partial charge in [-0.3, -0.25) is 4.79 Å². The van der Waals surface area contributed by atoms with E-state index in [0.717, 1.165) is 4.57 Å². The maximum atomic E-state index is 14.4. The highest BCUT2D eigenvalue weighted by Crippen LogP contribution is 2.43. The zero-order valence-electron chi connectivity index (χ0n) is 14.5. The number of rotatable bonds is 5. The standard InChI is InChI=1S/C16H12F5NO6S/c1-2-9-10(15(24)25)13(23)7-5-8(17)11(18)14(12(7)22(9)6-3-4-6)28-29(26,27)16(19,20)21/h5-6H,2-4H2,1H3,(H,24,25)/p-1. The maximum absolute atomic E-state index is 14.4. The third-order valence-electron chi connectivity index (χ3n) is 4.37. The number of carboxylic acid groups (broad SMARTS) is 1. The van der Waals surface area contributed by atoms with Gasteiger partial charge in [-0.2, -0.15) is 26.0 Å². The first-order valence-corrected chi connectivity index (χ1v) is 9.53. The molecule has 1 fully saturated rings. The van der Waals surface area contributed by atoms with Gasteiger partial charge >= 0.3 is 15.6 Å². The van der Waals surface area contributed by atoms with E-state index in [1.807, 2.05) is 0 Å². The summed E-state index contributed by atoms with van der Waals surface area (Å²) in [4.78, 5) is 24.0. The Morgan fingerprint density at radius 3 is 2.34 bits per heavy atom. The van der Waals surface area contributed by atoms with Crippen LogP contribution in [0.4, 0.5) is 22.0 Å². The van der Waals surface area contributed by atoms with E-state index in [9.17, 15) is 45.1 Å². The predicted octanol–water partition coefficient (Wildman–Crippen LogP) is 1.77. The second kappa shape index (κ2) is 6.68. The Morgan fingerprint density at radius 2 is 1.90 bits per heavy atom. The van der Waals surface area contributed by atoms with E-state index in [0.29, 0.717) is 12.8 Å². The smallest absolute Gasteiger partial charge is 0.534 e. The molecule has 1 saturated carbocycles. The molecule has 1 aromatic carbocycles. The number of benzene rings is 1. The molecule has 0 radical (unpaired) electrons. The Morgan fingerprint density at radius 1 is 1.31 bits per heavy atom. The van der Waals surface area contributed by atoms with Crippen molar-refractivity contribution in [3.63, 3.8) is 0 Å². The number of pyridine rings is 1. The molecule has 0 saturated heterocycles. The molecule has 3 rings (SSSR count). The fourth-order valence-corrected chi connectivity index (χ4v) is 3.52. The summed E-state index contributed by atoms with van der Waals surface area (Å²) in [7, 11) is -6.41. The SMILES string of the molecule is CCc1c(C(=O)[O-])c(=O)c2cc(F)c(F)c(OS(=O)(=O)C(F)(F)F)c2n1C1CC1. The van der Waals surface area contributed by atoms with Crippen molar-refractivity contribution in [2.24, 2.45) is 0 Å². The molecular formula is C16H11F5NO6S-. The van der Waals surface area contributed by atoms with Crippen molar-refractivity contribution in [2.75, 3.05) is 0 Å². The number of nitrogens with zero attached hydrogens (tertiary/aromatic N) is 1. The van der Waals surface area contributed by atoms with Gasteiger partial charge in [-0.1, -0.05) is 6.92 Å². The van der Waals surface area contributed by atoms with Gasteiger partial charge < -0.3 is 18.7 Å². The monoisotopic (exact) mass is 440 g/mol. The van der Waals surface area contributed by atoms with Gasteiger partial charge in [0.05, 0.1) is 16.9 Å². The van der Waals surface area contributed by atoms with Gasteiger partial charge in [0.15, 0.2) is 11.2 Å². The van der Waals surface area contributed by atoms with Crippen LogP contribution in [0.1, 0.15) is 41.9 Å². The first kappa shape index (κ1) is 21.0. The first-order chi connectivity index (χ1) is 13.3. The number of carboxylic acids is 1. The highest BCUT2D eigenvalue weighted by Gasteiger charge is 2.49. The Kier molecular flexibility index (Phi) is 4.84. The van der Waals surface area contributed by atoms with E-state index in [-0.39, 0.29) is 18.2 Å². The number of alkyl halides is 3. The topological polar surface area (TPSA) is 106 Å². The Labute approximate surface area is 159 Å². The summed E-state index contributed by atoms with van der Waals surface area (Å²) in [5.74, 6) is -7.54. The summed E-state index contributed by atoms with van der Waals surface area (Å²) in [6.07, 6.45) is 0.610. The second-order valence-corrected chi connectivity index (χ2v) is 7.81. The molecular weight excluding hydrogens is 429 g/mol. The van der Waals surface area contributed by atoms with E-state index in [4.69, 9.17) is 0 Å². The van der Waals surface area contributed by atoms with Crippen molar-refractivity contribution in [2.45, 2.75) is 37.7 Å². The molecule has 29 heavy (non-hydrogen) atoms. The van der Waals surface area contributed by atoms with Gasteiger partial charge in [-0.25, -0.2) is 4.39 Å². The van der Waals surface area contributed by atoms with Crippen molar-refractivity contribution in [3.8, 4) is 5.75 Å². The Hall–Kier alpha value is -2.70. The summed E-state index contributed by atoms with van der Waals surface area (Å²) in [5, 5.41) is 10.6. The number of hydrogen-bond donors (Lipinski definition) is 0. The van der Waals surface area contributed by atoms with Crippen molar-refractivity contribution >= 4 is 27.0 Å². The molecule has 0 N–H and O–H groups in total. The van der Waals surface area contributed by atoms with E-state index in [1.54, 1.807) is 0 Å². The molecule has 0 spiro atoms. The zero-order valence-corrected chi connectivity index (χ0v) is 15.3. The van der Waals surface area contributed by atoms with Gasteiger partial charge in [0.2, 0.25) is 11.6 Å². The quantitative estimate of drug-likeness (QED) is 0.399. The lowest BCUT2D eigenvalue weighted by Gasteiger charge is -2.22. The van der Waals surface area contributed by atoms with Gasteiger partial charge in [0.25, 0.3) is 0 Å². The summed E-state index contributed by atoms with van der Waals surface area (Å²) in [6, 6.07) is -0.294. The average molecular weight is 440 g/mol. The second-order valence-electron chi connectivity index (χ2n) is 6.27. The molecule has 1 aromatic heterocycles. The molecule has 0 aliphatic heterocycles. The van der Waals surface area contributed by atoms with Crippen LogP contribution < -0.4 is 14.7 Å². The number of fused-ring (bicyclic) bond motifs is 1. The highest BCUT2D eigenvalue weighted by molar-refractivity contribution is 7.88. The minimum absolute atomic E-state index is 0.143. The minimum Gasteiger partial charge on any atom is -0.545 e. The molecule has 13 heteroatoms. The van der Waals surface area contributed by atoms with Gasteiger partial charge in [-0.05, 0) is 25.3 Å². The summed E-state index contributed by atoms with van der Waals surface area (Å²) in [5.41, 5.74) is -9.19. The van der Waals surface area contributed by atoms with Crippen LogP contribution >= 0.6 is 0 Å². The zero-order chi connectivity index (χ0) is 21.9. The molecule has 1 heterocycles. The van der Waals surface area contributed by atoms with Gasteiger partial charge in [0, 0.05) is 11.7 Å². The van der Waals surface area contributed by atoms with Crippen LogP contribution in [0.25, 0.3) is 10.9 Å². The van der Waals surface area contributed by atoms with Crippen LogP contribution in [0.5, 0.6) is 5.75 Å². The first-order valence-electron chi connectivity index (χ1n) is 8.13. The average Bonchev–Trinajstić information content (AvgIpc) is 3.42. The van der Waals surface area contributed by atoms with Crippen LogP contribution in [-0.4, -0.2) is 24.5 Å². The third kappa shape index (κ3) is 3.32. The molecule has 158 valence electrons. The highest BCUT2D eigenvalue weighted by atomic mass is 32.2. The molecule has 0 amide bonds. The molecule has 1 aliphatic rings. The lowest BCUT2D eigenvalue weighted by atomic mass is 10.0. The molecule has 0 bridgehead atoms. The number of halogens is 5. The molecule has 0 unspecified atom stereocenters. The Balaban J connectivity index is 2.53. The van der Waals surface area contributed by atoms with Crippen LogP contribution in [0.2, 0.25) is 0 Å². The van der Waals surface area contributed by atoms with Crippen molar-refractivity contribution < 1.29 is 44.5 Å². The summed E-state index contributed by atoms with van der Waals surface area (Å²) < 4.78 is 94.3. The van der Waals surface area contributed by atoms with Crippen LogP contribution in [0, 0.1) is 11.6 Å². The number of aromatic carboxylic acids is 1. The van der Waals surface area contributed by atoms with E-state index in [1.165, 1.54) is 6.92 Å². The third-order valence-corrected chi connectivity index (χ3v) is 5.32. The largest absolute Gasteiger partial charge is 0.545 e. The van der Waals surface area contributed by atoms with Crippen LogP contribution in [-0.2, 0) is 16.5 Å². The number of carbonyl (C=O) groups is 1. The van der Waals surface area contributed by atoms with E-state index in [2.05, 4.69) is 4.18 Å².